The quantitative estimate of drug-likeness (QED) is 0.440. The molecule has 2 aliphatic rings. The number of amides is 2. The lowest BCUT2D eigenvalue weighted by Crippen LogP contribution is -2.45. The highest BCUT2D eigenvalue weighted by atomic mass is 35.5. The summed E-state index contributed by atoms with van der Waals surface area (Å²) < 4.78 is 40.2. The molecule has 3 heterocycles. The highest BCUT2D eigenvalue weighted by Crippen LogP contribution is 2.46. The molecule has 2 aromatic heterocycles. The predicted octanol–water partition coefficient (Wildman–Crippen LogP) is 5.09. The normalized spacial score (nSPS) is 22.7. The molecule has 1 aliphatic carbocycles. The molecule has 1 unspecified atom stereocenters. The first-order valence-electron chi connectivity index (χ1n) is 12.6. The number of halogens is 4. The summed E-state index contributed by atoms with van der Waals surface area (Å²) in [4.78, 5) is 35.6. The summed E-state index contributed by atoms with van der Waals surface area (Å²) in [5, 5.41) is 14.5. The Balaban J connectivity index is 1.29. The lowest BCUT2D eigenvalue weighted by atomic mass is 9.85. The van der Waals surface area contributed by atoms with Gasteiger partial charge in [0, 0.05) is 24.3 Å². The minimum Gasteiger partial charge on any atom is -0.370 e. The second kappa shape index (κ2) is 10.6. The molecule has 1 aromatic carbocycles. The zero-order valence-corrected chi connectivity index (χ0v) is 21.8. The van der Waals surface area contributed by atoms with E-state index in [4.69, 9.17) is 11.6 Å². The molecule has 11 heteroatoms. The van der Waals surface area contributed by atoms with Crippen molar-refractivity contribution in [2.45, 2.75) is 50.7 Å². The monoisotopic (exact) mass is 558 g/mol. The molecule has 3 aromatic rings. The van der Waals surface area contributed by atoms with Crippen molar-refractivity contribution >= 4 is 29.1 Å². The summed E-state index contributed by atoms with van der Waals surface area (Å²) in [6.45, 7) is 2.20. The molecule has 5 rings (SSSR count). The Morgan fingerprint density at radius 3 is 2.59 bits per heavy atom. The Kier molecular flexibility index (Phi) is 7.35. The fraction of sp³-hybridized carbons (Fsp3) is 0.357. The topological polar surface area (TPSA) is 95.4 Å². The van der Waals surface area contributed by atoms with Crippen LogP contribution in [0.1, 0.15) is 65.0 Å². The summed E-state index contributed by atoms with van der Waals surface area (Å²) in [5.41, 5.74) is -1.03. The molecule has 204 valence electrons. The maximum absolute atomic E-state index is 13.7. The van der Waals surface area contributed by atoms with Gasteiger partial charge >= 0.3 is 0 Å². The number of pyridine rings is 2. The number of carbonyl (C=O) groups excluding carboxylic acids is 2. The van der Waals surface area contributed by atoms with Crippen LogP contribution in [0.5, 0.6) is 0 Å². The van der Waals surface area contributed by atoms with Gasteiger partial charge in [-0.3, -0.25) is 19.6 Å². The molecular weight excluding hydrogens is 533 g/mol. The lowest BCUT2D eigenvalue weighted by Gasteiger charge is -2.32. The number of nitrogens with one attached hydrogen (secondary N) is 1. The first-order chi connectivity index (χ1) is 18.6. The molecular formula is C28H26ClF3N4O3. The zero-order chi connectivity index (χ0) is 27.9. The van der Waals surface area contributed by atoms with Gasteiger partial charge in [-0.05, 0) is 62.3 Å². The van der Waals surface area contributed by atoms with Crippen LogP contribution in [0.15, 0.2) is 48.8 Å². The van der Waals surface area contributed by atoms with Gasteiger partial charge in [-0.25, -0.2) is 13.2 Å². The lowest BCUT2D eigenvalue weighted by molar-refractivity contribution is -0.132. The van der Waals surface area contributed by atoms with Gasteiger partial charge in [-0.2, -0.15) is 0 Å². The summed E-state index contributed by atoms with van der Waals surface area (Å²) in [7, 11) is 0. The van der Waals surface area contributed by atoms with Crippen molar-refractivity contribution in [3.63, 3.8) is 0 Å². The van der Waals surface area contributed by atoms with Crippen molar-refractivity contribution in [1.82, 2.24) is 15.3 Å². The number of hydrogen-bond donors (Lipinski definition) is 2. The second-order valence-electron chi connectivity index (χ2n) is 10.0. The smallest absolute Gasteiger partial charge is 0.281 e. The largest absolute Gasteiger partial charge is 0.370 e. The molecule has 0 spiro atoms. The van der Waals surface area contributed by atoms with E-state index >= 15 is 0 Å². The average Bonchev–Trinajstić information content (AvgIpc) is 3.13. The second-order valence-corrected chi connectivity index (χ2v) is 10.5. The zero-order valence-electron chi connectivity index (χ0n) is 21.0. The Bertz CT molecular complexity index is 1410. The molecule has 0 bridgehead atoms. The number of nitrogens with zero attached hydrogens (tertiary/aromatic N) is 3. The van der Waals surface area contributed by atoms with E-state index in [0.717, 1.165) is 24.0 Å². The van der Waals surface area contributed by atoms with Gasteiger partial charge in [0.1, 0.15) is 11.5 Å². The molecule has 1 atom stereocenters. The van der Waals surface area contributed by atoms with Gasteiger partial charge in [0.05, 0.1) is 28.2 Å². The highest BCUT2D eigenvalue weighted by molar-refractivity contribution is 6.30. The van der Waals surface area contributed by atoms with E-state index in [1.165, 1.54) is 12.1 Å². The molecule has 2 N–H and O–H groups in total. The van der Waals surface area contributed by atoms with Crippen LogP contribution in [-0.4, -0.2) is 39.5 Å². The van der Waals surface area contributed by atoms with Crippen molar-refractivity contribution in [3.8, 4) is 0 Å². The maximum Gasteiger partial charge on any atom is 0.281 e. The molecule has 2 amide bonds. The van der Waals surface area contributed by atoms with Crippen LogP contribution in [0.4, 0.5) is 18.9 Å². The SMILES string of the molecule is Cc1cccc2c1N(CC1CCC(NC(=O)c3cc(Cl)cnc3C(F)F)CC1)C(=O)C2(O)c1ccc(F)cn1. The number of benzene rings is 1. The van der Waals surface area contributed by atoms with Gasteiger partial charge in [-0.15, -0.1) is 0 Å². The first kappa shape index (κ1) is 27.1. The van der Waals surface area contributed by atoms with E-state index in [-0.39, 0.29) is 28.2 Å². The van der Waals surface area contributed by atoms with Gasteiger partial charge in [0.15, 0.2) is 0 Å². The summed E-state index contributed by atoms with van der Waals surface area (Å²) in [5.74, 6) is -1.70. The van der Waals surface area contributed by atoms with E-state index in [1.54, 1.807) is 17.0 Å². The van der Waals surface area contributed by atoms with Gasteiger partial charge in [0.25, 0.3) is 18.2 Å². The minimum atomic E-state index is -2.91. The minimum absolute atomic E-state index is 0.0494. The third-order valence-electron chi connectivity index (χ3n) is 7.51. The number of fused-ring (bicyclic) bond motifs is 1. The Morgan fingerprint density at radius 1 is 1.18 bits per heavy atom. The fourth-order valence-corrected chi connectivity index (χ4v) is 5.71. The summed E-state index contributed by atoms with van der Waals surface area (Å²) in [6.07, 6.45) is 1.64. The number of alkyl halides is 2. The number of aryl methyl sites for hydroxylation is 1. The van der Waals surface area contributed by atoms with E-state index in [0.29, 0.717) is 43.5 Å². The van der Waals surface area contributed by atoms with Crippen LogP contribution in [0, 0.1) is 18.7 Å². The average molecular weight is 559 g/mol. The molecule has 1 saturated carbocycles. The number of aliphatic hydroxyl groups is 1. The maximum atomic E-state index is 13.7. The first-order valence-corrected chi connectivity index (χ1v) is 13.0. The van der Waals surface area contributed by atoms with Crippen molar-refractivity contribution in [1.29, 1.82) is 0 Å². The number of aromatic nitrogens is 2. The number of anilines is 1. The van der Waals surface area contributed by atoms with Crippen LogP contribution in [0.25, 0.3) is 0 Å². The number of rotatable bonds is 6. The van der Waals surface area contributed by atoms with E-state index in [2.05, 4.69) is 15.3 Å². The van der Waals surface area contributed by atoms with Gasteiger partial charge in [0.2, 0.25) is 5.60 Å². The molecule has 0 radical (unpaired) electrons. The molecule has 7 nitrogen and oxygen atoms in total. The fourth-order valence-electron chi connectivity index (χ4n) is 5.55. The third-order valence-corrected chi connectivity index (χ3v) is 7.72. The number of hydrogen-bond acceptors (Lipinski definition) is 5. The third kappa shape index (κ3) is 4.98. The number of para-hydroxylation sites is 1. The Labute approximate surface area is 228 Å². The van der Waals surface area contributed by atoms with E-state index in [9.17, 15) is 27.9 Å². The van der Waals surface area contributed by atoms with Crippen molar-refractivity contribution in [3.05, 3.63) is 87.7 Å². The highest BCUT2D eigenvalue weighted by Gasteiger charge is 2.53. The van der Waals surface area contributed by atoms with E-state index < -0.39 is 35.4 Å². The molecule has 0 saturated heterocycles. The standard InChI is InChI=1S/C28H26ClF3N4O3/c1-15-3-2-4-21-24(15)36(27(38)28(21,39)22-10-7-18(30)13-33-22)14-16-5-8-19(9-6-16)35-26(37)20-11-17(29)12-34-23(20)25(31)32/h2-4,7,10-13,16,19,25,39H,5-6,8-9,14H2,1H3,(H,35,37). The summed E-state index contributed by atoms with van der Waals surface area (Å²) in [6, 6.07) is 8.71. The van der Waals surface area contributed by atoms with Crippen molar-refractivity contribution in [2.75, 3.05) is 11.4 Å². The van der Waals surface area contributed by atoms with Crippen LogP contribution in [0.3, 0.4) is 0 Å². The van der Waals surface area contributed by atoms with Crippen molar-refractivity contribution < 1.29 is 27.9 Å². The van der Waals surface area contributed by atoms with Gasteiger partial charge < -0.3 is 15.3 Å². The predicted molar refractivity (Wildman–Crippen MR) is 138 cm³/mol. The Hall–Kier alpha value is -3.50. The molecule has 1 fully saturated rings. The summed E-state index contributed by atoms with van der Waals surface area (Å²) >= 11 is 5.88. The van der Waals surface area contributed by atoms with Crippen LogP contribution in [0.2, 0.25) is 5.02 Å². The van der Waals surface area contributed by atoms with Crippen molar-refractivity contribution in [2.24, 2.45) is 5.92 Å². The molecule has 1 aliphatic heterocycles. The van der Waals surface area contributed by atoms with Gasteiger partial charge in [-0.1, -0.05) is 29.8 Å². The van der Waals surface area contributed by atoms with E-state index in [1.807, 2.05) is 13.0 Å². The number of carbonyl (C=O) groups is 2. The van der Waals surface area contributed by atoms with Crippen LogP contribution in [-0.2, 0) is 10.4 Å². The van der Waals surface area contributed by atoms with Crippen LogP contribution < -0.4 is 10.2 Å². The Morgan fingerprint density at radius 2 is 1.92 bits per heavy atom. The van der Waals surface area contributed by atoms with Crippen LogP contribution >= 0.6 is 11.6 Å². The molecule has 39 heavy (non-hydrogen) atoms.